The third-order valence-electron chi connectivity index (χ3n) is 10.2. The summed E-state index contributed by atoms with van der Waals surface area (Å²) in [4.78, 5) is 5.34. The van der Waals surface area contributed by atoms with Gasteiger partial charge in [0.1, 0.15) is 40.5 Å². The lowest BCUT2D eigenvalue weighted by atomic mass is 9.99. The number of para-hydroxylation sites is 4. The second-order valence-electron chi connectivity index (χ2n) is 13.1. The van der Waals surface area contributed by atoms with E-state index in [4.69, 9.17) is 13.8 Å². The van der Waals surface area contributed by atoms with E-state index in [0.717, 1.165) is 72.0 Å². The first-order valence-corrected chi connectivity index (χ1v) is 18.0. The number of fused-ring (bicyclic) bond motifs is 9. The maximum atomic E-state index is 6.51. The lowest BCUT2D eigenvalue weighted by Crippen LogP contribution is -2.45. The number of furan rings is 2. The molecule has 11 rings (SSSR count). The van der Waals surface area contributed by atoms with Gasteiger partial charge in [-0.1, -0.05) is 140 Å². The van der Waals surface area contributed by atoms with Crippen molar-refractivity contribution in [2.45, 2.75) is 12.3 Å². The van der Waals surface area contributed by atoms with Gasteiger partial charge in [-0.15, -0.1) is 11.3 Å². The Morgan fingerprint density at radius 3 is 1.80 bits per heavy atom. The first-order valence-electron chi connectivity index (χ1n) is 17.2. The Balaban J connectivity index is 1.09. The maximum absolute atomic E-state index is 6.51. The van der Waals surface area contributed by atoms with Crippen molar-refractivity contribution in [2.75, 3.05) is 0 Å². The highest BCUT2D eigenvalue weighted by atomic mass is 32.1. The second-order valence-corrected chi connectivity index (χ2v) is 14.1. The zero-order valence-corrected chi connectivity index (χ0v) is 28.1. The Morgan fingerprint density at radius 2 is 1.04 bits per heavy atom. The van der Waals surface area contributed by atoms with Crippen LogP contribution in [0.1, 0.15) is 29.0 Å². The highest BCUT2D eigenvalue weighted by Crippen LogP contribution is 2.46. The summed E-state index contributed by atoms with van der Waals surface area (Å²) in [7, 11) is 0. The molecule has 0 spiro atoms. The fourth-order valence-electron chi connectivity index (χ4n) is 7.85. The molecule has 0 bridgehead atoms. The van der Waals surface area contributed by atoms with E-state index in [9.17, 15) is 0 Å². The zero-order valence-electron chi connectivity index (χ0n) is 27.3. The minimum Gasteiger partial charge on any atom is -0.456 e. The zero-order chi connectivity index (χ0) is 33.5. The fraction of sp³-hybridized carbons (Fsp3) is 0.0444. The standard InChI is InChI=1S/C45H29N3O2S/c1-2-12-26(13-3-1)43-46-44(35-22-9-17-30-28-15-5-7-25-38(28)50-40(30)35)48-45(47-43)36-23-11-21-34-33-20-10-19-32(41(33)51-42(34)36)31-18-8-16-29-27-14-4-6-24-37(27)49-39(29)31/h1-25,44-45,48H,(H,46,47). The lowest BCUT2D eigenvalue weighted by Gasteiger charge is -2.32. The highest BCUT2D eigenvalue weighted by Gasteiger charge is 2.29. The molecule has 10 aromatic rings. The number of nitrogens with zero attached hydrogens (tertiary/aromatic N) is 1. The van der Waals surface area contributed by atoms with Crippen molar-refractivity contribution >= 4 is 81.2 Å². The molecule has 6 heteroatoms. The number of rotatable bonds is 4. The minimum absolute atomic E-state index is 0.252. The molecule has 1 aliphatic heterocycles. The molecular weight excluding hydrogens is 647 g/mol. The highest BCUT2D eigenvalue weighted by molar-refractivity contribution is 7.26. The molecule has 2 atom stereocenters. The van der Waals surface area contributed by atoms with E-state index in [0.29, 0.717) is 0 Å². The molecule has 0 aliphatic carbocycles. The van der Waals surface area contributed by atoms with E-state index < -0.39 is 0 Å². The molecule has 0 saturated heterocycles. The normalized spacial score (nSPS) is 16.4. The first kappa shape index (κ1) is 28.6. The summed E-state index contributed by atoms with van der Waals surface area (Å²) >= 11 is 1.83. The van der Waals surface area contributed by atoms with Gasteiger partial charge in [-0.3, -0.25) is 5.32 Å². The van der Waals surface area contributed by atoms with Crippen molar-refractivity contribution < 1.29 is 8.83 Å². The molecule has 51 heavy (non-hydrogen) atoms. The summed E-state index contributed by atoms with van der Waals surface area (Å²) in [6.07, 6.45) is -0.567. The summed E-state index contributed by atoms with van der Waals surface area (Å²) in [6.45, 7) is 0. The quantitative estimate of drug-likeness (QED) is 0.195. The molecule has 242 valence electrons. The predicted molar refractivity (Wildman–Crippen MR) is 210 cm³/mol. The van der Waals surface area contributed by atoms with Gasteiger partial charge in [0.05, 0.1) is 0 Å². The summed E-state index contributed by atoms with van der Waals surface area (Å²) in [5.41, 5.74) is 9.08. The van der Waals surface area contributed by atoms with Crippen LogP contribution < -0.4 is 10.6 Å². The average molecular weight is 676 g/mol. The summed E-state index contributed by atoms with van der Waals surface area (Å²) in [6, 6.07) is 53.0. The Kier molecular flexibility index (Phi) is 6.26. The molecule has 7 aromatic carbocycles. The molecular formula is C45H29N3O2S. The Hall–Kier alpha value is -6.21. The molecule has 1 aliphatic rings. The molecule has 0 fully saturated rings. The maximum Gasteiger partial charge on any atom is 0.143 e. The van der Waals surface area contributed by atoms with Crippen LogP contribution in [0.25, 0.3) is 75.2 Å². The lowest BCUT2D eigenvalue weighted by molar-refractivity contribution is 0.410. The minimum atomic E-state index is -0.315. The third kappa shape index (κ3) is 4.40. The van der Waals surface area contributed by atoms with E-state index in [2.05, 4.69) is 132 Å². The number of thiophene rings is 1. The first-order chi connectivity index (χ1) is 25.3. The van der Waals surface area contributed by atoms with Crippen LogP contribution in [0.4, 0.5) is 0 Å². The molecule has 5 nitrogen and oxygen atoms in total. The van der Waals surface area contributed by atoms with Crippen molar-refractivity contribution in [3.8, 4) is 11.1 Å². The number of amidine groups is 1. The molecule has 2 N–H and O–H groups in total. The van der Waals surface area contributed by atoms with Crippen LogP contribution >= 0.6 is 11.3 Å². The number of benzene rings is 7. The van der Waals surface area contributed by atoms with Crippen molar-refractivity contribution in [2.24, 2.45) is 4.99 Å². The average Bonchev–Trinajstić information content (AvgIpc) is 3.89. The van der Waals surface area contributed by atoms with Gasteiger partial charge in [0.15, 0.2) is 0 Å². The molecule has 2 unspecified atom stereocenters. The van der Waals surface area contributed by atoms with Gasteiger partial charge in [-0.05, 0) is 12.1 Å². The molecule has 0 saturated carbocycles. The van der Waals surface area contributed by atoms with Gasteiger partial charge in [-0.25, -0.2) is 4.99 Å². The topological polar surface area (TPSA) is 62.7 Å². The van der Waals surface area contributed by atoms with Gasteiger partial charge < -0.3 is 14.2 Å². The predicted octanol–water partition coefficient (Wildman–Crippen LogP) is 11.9. The van der Waals surface area contributed by atoms with Crippen LogP contribution in [0, 0.1) is 0 Å². The number of hydrogen-bond donors (Lipinski definition) is 2. The van der Waals surface area contributed by atoms with Crippen molar-refractivity contribution in [3.63, 3.8) is 0 Å². The van der Waals surface area contributed by atoms with E-state index in [1.54, 1.807) is 0 Å². The second kappa shape index (κ2) is 11.2. The Labute approximate surface area is 296 Å². The van der Waals surface area contributed by atoms with E-state index >= 15 is 0 Å². The molecule has 4 heterocycles. The van der Waals surface area contributed by atoms with Crippen LogP contribution in [-0.2, 0) is 0 Å². The molecule has 0 radical (unpaired) electrons. The van der Waals surface area contributed by atoms with Crippen LogP contribution in [0.15, 0.2) is 165 Å². The fourth-order valence-corrected chi connectivity index (χ4v) is 9.21. The summed E-state index contributed by atoms with van der Waals surface area (Å²) in [5, 5.41) is 14.5. The third-order valence-corrected chi connectivity index (χ3v) is 11.5. The largest absolute Gasteiger partial charge is 0.456 e. The molecule has 0 amide bonds. The van der Waals surface area contributed by atoms with Crippen molar-refractivity contribution in [1.29, 1.82) is 0 Å². The number of hydrogen-bond acceptors (Lipinski definition) is 6. The van der Waals surface area contributed by atoms with Crippen LogP contribution in [0.2, 0.25) is 0 Å². The van der Waals surface area contributed by atoms with Gasteiger partial charge in [-0.2, -0.15) is 0 Å². The SMILES string of the molecule is c1ccc(C2=NC(c3cccc4c3sc3c(-c5cccc6c5oc5ccccc56)cccc34)NC(c3cccc4c3oc3ccccc34)N2)cc1. The van der Waals surface area contributed by atoms with Crippen LogP contribution in [0.3, 0.4) is 0 Å². The molecule has 3 aromatic heterocycles. The van der Waals surface area contributed by atoms with Gasteiger partial charge in [0.2, 0.25) is 0 Å². The Bertz CT molecular complexity index is 3010. The van der Waals surface area contributed by atoms with E-state index in [-0.39, 0.29) is 12.3 Å². The van der Waals surface area contributed by atoms with Gasteiger partial charge in [0.25, 0.3) is 0 Å². The van der Waals surface area contributed by atoms with E-state index in [1.807, 2.05) is 41.7 Å². The van der Waals surface area contributed by atoms with Crippen LogP contribution in [0.5, 0.6) is 0 Å². The summed E-state index contributed by atoms with van der Waals surface area (Å²) in [5.74, 6) is 0.841. The number of aliphatic imine (C=N–C) groups is 1. The van der Waals surface area contributed by atoms with Crippen LogP contribution in [-0.4, -0.2) is 5.84 Å². The summed E-state index contributed by atoms with van der Waals surface area (Å²) < 4.78 is 15.5. The monoisotopic (exact) mass is 675 g/mol. The van der Waals surface area contributed by atoms with Crippen molar-refractivity contribution in [3.05, 3.63) is 168 Å². The van der Waals surface area contributed by atoms with E-state index in [1.165, 1.54) is 25.7 Å². The Morgan fingerprint density at radius 1 is 0.471 bits per heavy atom. The number of nitrogens with one attached hydrogen (secondary N) is 2. The smallest absolute Gasteiger partial charge is 0.143 e. The van der Waals surface area contributed by atoms with Gasteiger partial charge >= 0.3 is 0 Å². The van der Waals surface area contributed by atoms with Crippen molar-refractivity contribution in [1.82, 2.24) is 10.6 Å². The van der Waals surface area contributed by atoms with Gasteiger partial charge in [0, 0.05) is 69.5 Å².